The van der Waals surface area contributed by atoms with Gasteiger partial charge in [-0.2, -0.15) is 0 Å². The smallest absolute Gasteiger partial charge is 0.240 e. The summed E-state index contributed by atoms with van der Waals surface area (Å²) in [6.07, 6.45) is 1.50. The van der Waals surface area contributed by atoms with Crippen molar-refractivity contribution >= 4 is 5.91 Å². The van der Waals surface area contributed by atoms with Crippen LogP contribution in [0.1, 0.15) is 32.3 Å². The lowest BCUT2D eigenvalue weighted by Gasteiger charge is -2.26. The summed E-state index contributed by atoms with van der Waals surface area (Å²) < 4.78 is 13.2. The number of amides is 1. The van der Waals surface area contributed by atoms with Crippen LogP contribution in [0.3, 0.4) is 0 Å². The molecule has 1 amide bonds. The van der Waals surface area contributed by atoms with Crippen molar-refractivity contribution in [2.24, 2.45) is 5.73 Å². The number of hydrogen-bond acceptors (Lipinski definition) is 2. The molecular weight excluding hydrogens is 231 g/mol. The molecule has 1 aromatic rings. The van der Waals surface area contributed by atoms with Crippen molar-refractivity contribution in [1.82, 2.24) is 5.32 Å². The molecule has 0 spiro atoms. The summed E-state index contributed by atoms with van der Waals surface area (Å²) in [7, 11) is 0. The zero-order valence-electron chi connectivity index (χ0n) is 10.8. The quantitative estimate of drug-likeness (QED) is 0.854. The number of carbonyl (C=O) groups is 1. The Morgan fingerprint density at radius 3 is 2.72 bits per heavy atom. The fourth-order valence-corrected chi connectivity index (χ4v) is 1.85. The number of nitrogens with one attached hydrogen (secondary N) is 1. The minimum atomic E-state index is -0.655. The zero-order valence-corrected chi connectivity index (χ0v) is 10.8. The Morgan fingerprint density at radius 1 is 1.50 bits per heavy atom. The van der Waals surface area contributed by atoms with E-state index in [0.717, 1.165) is 18.4 Å². The van der Waals surface area contributed by atoms with Crippen LogP contribution in [0.2, 0.25) is 0 Å². The van der Waals surface area contributed by atoms with Gasteiger partial charge in [-0.25, -0.2) is 4.39 Å². The van der Waals surface area contributed by atoms with Crippen LogP contribution in [0.25, 0.3) is 0 Å². The predicted molar refractivity (Wildman–Crippen MR) is 68.6 cm³/mol. The van der Waals surface area contributed by atoms with E-state index in [4.69, 9.17) is 5.73 Å². The van der Waals surface area contributed by atoms with Crippen molar-refractivity contribution in [2.45, 2.75) is 37.6 Å². The Labute approximate surface area is 107 Å². The van der Waals surface area contributed by atoms with Crippen LogP contribution in [-0.2, 0) is 10.2 Å². The Kier molecular flexibility index (Phi) is 3.15. The van der Waals surface area contributed by atoms with E-state index in [0.29, 0.717) is 6.54 Å². The third-order valence-corrected chi connectivity index (χ3v) is 3.54. The normalized spacial score (nSPS) is 17.3. The van der Waals surface area contributed by atoms with Gasteiger partial charge in [-0.15, -0.1) is 0 Å². The van der Waals surface area contributed by atoms with Gasteiger partial charge in [0.15, 0.2) is 0 Å². The van der Waals surface area contributed by atoms with E-state index < -0.39 is 5.54 Å². The van der Waals surface area contributed by atoms with Crippen LogP contribution in [0.5, 0.6) is 0 Å². The van der Waals surface area contributed by atoms with E-state index >= 15 is 0 Å². The molecule has 0 radical (unpaired) electrons. The minimum absolute atomic E-state index is 0.105. The molecule has 1 aliphatic carbocycles. The Balaban J connectivity index is 2.01. The lowest BCUT2D eigenvalue weighted by atomic mass is 9.84. The van der Waals surface area contributed by atoms with Crippen LogP contribution >= 0.6 is 0 Å². The van der Waals surface area contributed by atoms with Gasteiger partial charge in [0.1, 0.15) is 5.82 Å². The van der Waals surface area contributed by atoms with Crippen LogP contribution in [0.4, 0.5) is 4.39 Å². The SMILES string of the molecule is CC(C)(CNC(=O)C1(N)CC1)c1cccc(F)c1. The molecule has 1 aliphatic rings. The monoisotopic (exact) mass is 250 g/mol. The van der Waals surface area contributed by atoms with Gasteiger partial charge < -0.3 is 11.1 Å². The highest BCUT2D eigenvalue weighted by molar-refractivity contribution is 5.89. The highest BCUT2D eigenvalue weighted by Gasteiger charge is 2.46. The molecule has 98 valence electrons. The molecular formula is C14H19FN2O. The standard InChI is InChI=1S/C14H19FN2O/c1-13(2,10-4-3-5-11(15)8-10)9-17-12(18)14(16)6-7-14/h3-5,8H,6-7,9,16H2,1-2H3,(H,17,18). The maximum absolute atomic E-state index is 13.2. The van der Waals surface area contributed by atoms with Crippen LogP contribution in [0, 0.1) is 5.82 Å². The summed E-state index contributed by atoms with van der Waals surface area (Å²) in [4.78, 5) is 11.8. The van der Waals surface area contributed by atoms with Gasteiger partial charge in [0, 0.05) is 12.0 Å². The van der Waals surface area contributed by atoms with Gasteiger partial charge in [-0.05, 0) is 30.5 Å². The number of rotatable bonds is 4. The fraction of sp³-hybridized carbons (Fsp3) is 0.500. The first kappa shape index (κ1) is 13.0. The first-order valence-electron chi connectivity index (χ1n) is 6.17. The van der Waals surface area contributed by atoms with E-state index in [1.165, 1.54) is 12.1 Å². The topological polar surface area (TPSA) is 55.1 Å². The van der Waals surface area contributed by atoms with Gasteiger partial charge in [0.2, 0.25) is 5.91 Å². The largest absolute Gasteiger partial charge is 0.354 e. The van der Waals surface area contributed by atoms with E-state index in [1.807, 2.05) is 19.9 Å². The number of halogens is 1. The molecule has 18 heavy (non-hydrogen) atoms. The summed E-state index contributed by atoms with van der Waals surface area (Å²) in [5.74, 6) is -0.364. The fourth-order valence-electron chi connectivity index (χ4n) is 1.85. The van der Waals surface area contributed by atoms with E-state index in [-0.39, 0.29) is 17.1 Å². The minimum Gasteiger partial charge on any atom is -0.354 e. The van der Waals surface area contributed by atoms with E-state index in [1.54, 1.807) is 6.07 Å². The van der Waals surface area contributed by atoms with Crippen LogP contribution in [0.15, 0.2) is 24.3 Å². The first-order chi connectivity index (χ1) is 8.33. The second-order valence-electron chi connectivity index (χ2n) is 5.73. The molecule has 0 aliphatic heterocycles. The number of carbonyl (C=O) groups excluding carboxylic acids is 1. The molecule has 4 heteroatoms. The Morgan fingerprint density at radius 2 is 2.17 bits per heavy atom. The molecule has 0 heterocycles. The number of hydrogen-bond donors (Lipinski definition) is 2. The molecule has 1 saturated carbocycles. The zero-order chi connectivity index (χ0) is 13.4. The second kappa shape index (κ2) is 4.35. The number of benzene rings is 1. The molecule has 0 unspecified atom stereocenters. The van der Waals surface area contributed by atoms with Gasteiger partial charge >= 0.3 is 0 Å². The summed E-state index contributed by atoms with van der Waals surface area (Å²) in [5.41, 5.74) is 5.70. The van der Waals surface area contributed by atoms with Crippen molar-refractivity contribution in [1.29, 1.82) is 0 Å². The van der Waals surface area contributed by atoms with Gasteiger partial charge in [0.05, 0.1) is 5.54 Å². The summed E-state index contributed by atoms with van der Waals surface area (Å²) >= 11 is 0. The third-order valence-electron chi connectivity index (χ3n) is 3.54. The summed E-state index contributed by atoms with van der Waals surface area (Å²) in [6.45, 7) is 4.39. The highest BCUT2D eigenvalue weighted by atomic mass is 19.1. The molecule has 0 atom stereocenters. The van der Waals surface area contributed by atoms with Crippen molar-refractivity contribution in [3.63, 3.8) is 0 Å². The Bertz CT molecular complexity index is 467. The van der Waals surface area contributed by atoms with Gasteiger partial charge in [0.25, 0.3) is 0 Å². The summed E-state index contributed by atoms with van der Waals surface area (Å²) in [6, 6.07) is 6.46. The summed E-state index contributed by atoms with van der Waals surface area (Å²) in [5, 5.41) is 2.86. The highest BCUT2D eigenvalue weighted by Crippen LogP contribution is 2.32. The molecule has 3 nitrogen and oxygen atoms in total. The molecule has 1 fully saturated rings. The van der Waals surface area contributed by atoms with Crippen molar-refractivity contribution < 1.29 is 9.18 Å². The van der Waals surface area contributed by atoms with Gasteiger partial charge in [-0.3, -0.25) is 4.79 Å². The van der Waals surface area contributed by atoms with E-state index in [2.05, 4.69) is 5.32 Å². The first-order valence-corrected chi connectivity index (χ1v) is 6.17. The molecule has 1 aromatic carbocycles. The lowest BCUT2D eigenvalue weighted by Crippen LogP contribution is -2.46. The van der Waals surface area contributed by atoms with Crippen LogP contribution in [-0.4, -0.2) is 18.0 Å². The maximum Gasteiger partial charge on any atom is 0.240 e. The predicted octanol–water partition coefficient (Wildman–Crippen LogP) is 1.71. The second-order valence-corrected chi connectivity index (χ2v) is 5.73. The molecule has 0 aromatic heterocycles. The van der Waals surface area contributed by atoms with Crippen molar-refractivity contribution in [2.75, 3.05) is 6.54 Å². The lowest BCUT2D eigenvalue weighted by molar-refractivity contribution is -0.123. The maximum atomic E-state index is 13.2. The molecule has 2 rings (SSSR count). The number of nitrogens with two attached hydrogens (primary N) is 1. The van der Waals surface area contributed by atoms with Crippen molar-refractivity contribution in [3.05, 3.63) is 35.6 Å². The average Bonchev–Trinajstić information content (AvgIpc) is 3.06. The van der Waals surface area contributed by atoms with Crippen LogP contribution < -0.4 is 11.1 Å². The molecule has 0 bridgehead atoms. The molecule has 3 N–H and O–H groups in total. The van der Waals surface area contributed by atoms with Crippen molar-refractivity contribution in [3.8, 4) is 0 Å². The van der Waals surface area contributed by atoms with Gasteiger partial charge in [-0.1, -0.05) is 26.0 Å². The Hall–Kier alpha value is -1.42. The molecule has 0 saturated heterocycles. The average molecular weight is 250 g/mol. The van der Waals surface area contributed by atoms with E-state index in [9.17, 15) is 9.18 Å². The third kappa shape index (κ3) is 2.70.